The number of halogens is 1. The molecule has 1 amide bonds. The molecule has 0 spiro atoms. The van der Waals surface area contributed by atoms with E-state index in [1.54, 1.807) is 7.11 Å². The molecule has 0 fully saturated rings. The molecule has 0 saturated heterocycles. The maximum absolute atomic E-state index is 13.1. The summed E-state index contributed by atoms with van der Waals surface area (Å²) in [4.78, 5) is 17.7. The normalized spacial score (nSPS) is 11.0. The summed E-state index contributed by atoms with van der Waals surface area (Å²) >= 11 is 4.98. The Labute approximate surface area is 191 Å². The summed E-state index contributed by atoms with van der Waals surface area (Å²) in [7, 11) is 1.56. The number of carbonyl (C=O) groups is 1. The second-order valence-electron chi connectivity index (χ2n) is 7.05. The third kappa shape index (κ3) is 3.69. The average Bonchev–Trinajstić information content (AvgIpc) is 3.27. The highest BCUT2D eigenvalue weighted by Gasteiger charge is 2.19. The molecule has 31 heavy (non-hydrogen) atoms. The maximum Gasteiger partial charge on any atom is 0.261 e. The summed E-state index contributed by atoms with van der Waals surface area (Å²) < 4.78 is 6.29. The minimum atomic E-state index is -0.261. The fraction of sp³-hybridized carbons (Fsp3) is 0.0400. The first-order valence-electron chi connectivity index (χ1n) is 9.65. The smallest absolute Gasteiger partial charge is 0.261 e. The molecule has 5 rings (SSSR count). The molecule has 5 aromatic rings. The van der Waals surface area contributed by atoms with Gasteiger partial charge < -0.3 is 4.74 Å². The molecular weight excluding hydrogens is 472 g/mol. The molecule has 0 saturated carbocycles. The van der Waals surface area contributed by atoms with Gasteiger partial charge in [0.1, 0.15) is 5.75 Å². The summed E-state index contributed by atoms with van der Waals surface area (Å²) in [6.45, 7) is 0. The predicted octanol–water partition coefficient (Wildman–Crippen LogP) is 7.14. The maximum atomic E-state index is 13.1. The zero-order valence-electron chi connectivity index (χ0n) is 16.6. The summed E-state index contributed by atoms with van der Waals surface area (Å²) in [5.41, 5.74) is 2.30. The van der Waals surface area contributed by atoms with Gasteiger partial charge in [0, 0.05) is 10.9 Å². The second kappa shape index (κ2) is 8.13. The van der Waals surface area contributed by atoms with E-state index < -0.39 is 0 Å². The van der Waals surface area contributed by atoms with Crippen molar-refractivity contribution in [2.24, 2.45) is 0 Å². The van der Waals surface area contributed by atoms with Gasteiger partial charge >= 0.3 is 0 Å². The van der Waals surface area contributed by atoms with Crippen LogP contribution in [-0.4, -0.2) is 18.0 Å². The topological polar surface area (TPSA) is 51.2 Å². The lowest BCUT2D eigenvalue weighted by atomic mass is 10.1. The molecule has 0 aliphatic heterocycles. The Morgan fingerprint density at radius 3 is 2.52 bits per heavy atom. The molecule has 1 aromatic heterocycles. The minimum Gasteiger partial charge on any atom is -0.495 e. The number of nitrogens with zero attached hydrogens (tertiary/aromatic N) is 1. The first-order valence-corrected chi connectivity index (χ1v) is 11.3. The first-order chi connectivity index (χ1) is 15.1. The number of benzene rings is 4. The van der Waals surface area contributed by atoms with E-state index in [9.17, 15) is 4.79 Å². The van der Waals surface area contributed by atoms with Crippen LogP contribution in [-0.2, 0) is 0 Å². The van der Waals surface area contributed by atoms with E-state index in [0.29, 0.717) is 16.4 Å². The summed E-state index contributed by atoms with van der Waals surface area (Å²) in [6.07, 6.45) is 0. The van der Waals surface area contributed by atoms with E-state index in [0.717, 1.165) is 31.9 Å². The number of ether oxygens (including phenoxy) is 1. The number of aromatic nitrogens is 1. The fourth-order valence-electron chi connectivity index (χ4n) is 3.63. The van der Waals surface area contributed by atoms with E-state index in [2.05, 4.69) is 50.5 Å². The Kier molecular flexibility index (Phi) is 5.18. The second-order valence-corrected chi connectivity index (χ2v) is 8.70. The van der Waals surface area contributed by atoms with Crippen molar-refractivity contribution in [2.75, 3.05) is 12.4 Å². The van der Waals surface area contributed by atoms with Crippen LogP contribution < -0.4 is 10.1 Å². The SMILES string of the molecule is COc1c(C(=O)Nc2nc(-c3ccc4ccccc4c3)cs2)cc2ccccc2c1Br. The fourth-order valence-corrected chi connectivity index (χ4v) is 5.08. The Bertz CT molecular complexity index is 1440. The number of anilines is 1. The van der Waals surface area contributed by atoms with Crippen molar-refractivity contribution in [2.45, 2.75) is 0 Å². The molecule has 1 heterocycles. The first kappa shape index (κ1) is 19.7. The molecule has 0 atom stereocenters. The van der Waals surface area contributed by atoms with Gasteiger partial charge in [0.2, 0.25) is 0 Å². The lowest BCUT2D eigenvalue weighted by Crippen LogP contribution is -2.13. The summed E-state index contributed by atoms with van der Waals surface area (Å²) in [5.74, 6) is 0.241. The van der Waals surface area contributed by atoms with Gasteiger partial charge in [-0.3, -0.25) is 10.1 Å². The standard InChI is InChI=1S/C25H17BrN2O2S/c1-30-23-20(13-17-8-4-5-9-19(17)22(23)26)24(29)28-25-27-21(14-31-25)18-11-10-15-6-2-3-7-16(15)12-18/h2-14H,1H3,(H,27,28,29). The van der Waals surface area contributed by atoms with E-state index in [-0.39, 0.29) is 5.91 Å². The lowest BCUT2D eigenvalue weighted by molar-refractivity contribution is 0.102. The molecule has 0 radical (unpaired) electrons. The largest absolute Gasteiger partial charge is 0.495 e. The van der Waals surface area contributed by atoms with E-state index >= 15 is 0 Å². The monoisotopic (exact) mass is 488 g/mol. The molecular formula is C25H17BrN2O2S. The van der Waals surface area contributed by atoms with E-state index in [1.165, 1.54) is 16.7 Å². The summed E-state index contributed by atoms with van der Waals surface area (Å²) in [6, 6.07) is 24.1. The highest BCUT2D eigenvalue weighted by Crippen LogP contribution is 2.37. The predicted molar refractivity (Wildman–Crippen MR) is 131 cm³/mol. The lowest BCUT2D eigenvalue weighted by Gasteiger charge is -2.12. The average molecular weight is 489 g/mol. The number of hydrogen-bond acceptors (Lipinski definition) is 4. The van der Waals surface area contributed by atoms with Crippen molar-refractivity contribution in [1.29, 1.82) is 0 Å². The van der Waals surface area contributed by atoms with Crippen molar-refractivity contribution in [3.8, 4) is 17.0 Å². The Balaban J connectivity index is 1.46. The van der Waals surface area contributed by atoms with Crippen LogP contribution in [0.4, 0.5) is 5.13 Å². The van der Waals surface area contributed by atoms with Crippen LogP contribution >= 0.6 is 27.3 Å². The number of carbonyl (C=O) groups excluding carboxylic acids is 1. The van der Waals surface area contributed by atoms with Gasteiger partial charge in [0.05, 0.1) is 22.8 Å². The molecule has 6 heteroatoms. The van der Waals surface area contributed by atoms with Crippen LogP contribution in [0.15, 0.2) is 82.6 Å². The number of hydrogen-bond donors (Lipinski definition) is 1. The number of nitrogens with one attached hydrogen (secondary N) is 1. The van der Waals surface area contributed by atoms with Crippen LogP contribution in [0.3, 0.4) is 0 Å². The highest BCUT2D eigenvalue weighted by molar-refractivity contribution is 9.10. The molecule has 1 N–H and O–H groups in total. The third-order valence-corrected chi connectivity index (χ3v) is 6.70. The van der Waals surface area contributed by atoms with Gasteiger partial charge in [-0.05, 0) is 49.6 Å². The van der Waals surface area contributed by atoms with E-state index in [1.807, 2.05) is 53.9 Å². The van der Waals surface area contributed by atoms with Crippen molar-refractivity contribution >= 4 is 59.9 Å². The molecule has 0 aliphatic carbocycles. The molecule has 0 bridgehead atoms. The molecule has 0 aliphatic rings. The highest BCUT2D eigenvalue weighted by atomic mass is 79.9. The number of rotatable bonds is 4. The Hall–Kier alpha value is -3.22. The van der Waals surface area contributed by atoms with Crippen molar-refractivity contribution < 1.29 is 9.53 Å². The summed E-state index contributed by atoms with van der Waals surface area (Å²) in [5, 5.41) is 9.70. The Morgan fingerprint density at radius 2 is 1.71 bits per heavy atom. The number of thiazole rings is 1. The number of methoxy groups -OCH3 is 1. The minimum absolute atomic E-state index is 0.261. The van der Waals surface area contributed by atoms with Gasteiger partial charge in [0.15, 0.2) is 5.13 Å². The molecule has 4 aromatic carbocycles. The van der Waals surface area contributed by atoms with Gasteiger partial charge in [-0.1, -0.05) is 60.7 Å². The number of amides is 1. The third-order valence-electron chi connectivity index (χ3n) is 5.16. The van der Waals surface area contributed by atoms with Crippen molar-refractivity contribution in [3.63, 3.8) is 0 Å². The van der Waals surface area contributed by atoms with Gasteiger partial charge in [-0.25, -0.2) is 4.98 Å². The van der Waals surface area contributed by atoms with Crippen LogP contribution in [0.1, 0.15) is 10.4 Å². The molecule has 0 unspecified atom stereocenters. The Morgan fingerprint density at radius 1 is 0.968 bits per heavy atom. The van der Waals surface area contributed by atoms with Crippen LogP contribution in [0.25, 0.3) is 32.8 Å². The van der Waals surface area contributed by atoms with Crippen molar-refractivity contribution in [1.82, 2.24) is 4.98 Å². The van der Waals surface area contributed by atoms with E-state index in [4.69, 9.17) is 4.74 Å². The zero-order chi connectivity index (χ0) is 21.4. The van der Waals surface area contributed by atoms with Crippen molar-refractivity contribution in [3.05, 3.63) is 88.2 Å². The van der Waals surface area contributed by atoms with Crippen LogP contribution in [0, 0.1) is 0 Å². The van der Waals surface area contributed by atoms with Crippen LogP contribution in [0.2, 0.25) is 0 Å². The quantitative estimate of drug-likeness (QED) is 0.292. The van der Waals surface area contributed by atoms with Gasteiger partial charge in [-0.2, -0.15) is 0 Å². The number of fused-ring (bicyclic) bond motifs is 2. The van der Waals surface area contributed by atoms with Crippen LogP contribution in [0.5, 0.6) is 5.75 Å². The molecule has 4 nitrogen and oxygen atoms in total. The molecule has 152 valence electrons. The van der Waals surface area contributed by atoms with Gasteiger partial charge in [-0.15, -0.1) is 11.3 Å². The van der Waals surface area contributed by atoms with Gasteiger partial charge in [0.25, 0.3) is 5.91 Å². The zero-order valence-corrected chi connectivity index (χ0v) is 19.0.